The van der Waals surface area contributed by atoms with E-state index in [1.54, 1.807) is 38.1 Å². The predicted molar refractivity (Wildman–Crippen MR) is 135 cm³/mol. The molecule has 4 unspecified atom stereocenters. The van der Waals surface area contributed by atoms with Gasteiger partial charge in [-0.1, -0.05) is 71.9 Å². The number of amides is 3. The average molecular weight is 491 g/mol. The smallest absolute Gasteiger partial charge is 0.326 e. The quantitative estimate of drug-likeness (QED) is 0.268. The van der Waals surface area contributed by atoms with E-state index in [2.05, 4.69) is 16.0 Å². The fourth-order valence-corrected chi connectivity index (χ4v) is 3.70. The molecule has 6 N–H and O–H groups in total. The van der Waals surface area contributed by atoms with Gasteiger partial charge in [-0.3, -0.25) is 14.4 Å². The summed E-state index contributed by atoms with van der Waals surface area (Å²) >= 11 is 0. The number of aliphatic carboxylic acids is 1. The van der Waals surface area contributed by atoms with Gasteiger partial charge in [-0.2, -0.15) is 0 Å². The van der Waals surface area contributed by atoms with E-state index >= 15 is 0 Å². The molecule has 35 heavy (non-hydrogen) atoms. The zero-order valence-corrected chi connectivity index (χ0v) is 21.7. The van der Waals surface area contributed by atoms with Crippen LogP contribution in [-0.2, 0) is 25.6 Å². The first kappa shape index (κ1) is 30.1. The van der Waals surface area contributed by atoms with Gasteiger partial charge in [-0.05, 0) is 36.2 Å². The Balaban J connectivity index is 2.95. The van der Waals surface area contributed by atoms with E-state index < -0.39 is 47.9 Å². The van der Waals surface area contributed by atoms with Crippen LogP contribution in [0.2, 0.25) is 0 Å². The SMILES string of the molecule is CC(C)CC(N)C(=O)NC(CC(C)C)C(=O)NC(C(=O)NC(Cc1ccccc1)C(=O)O)C(C)C. The lowest BCUT2D eigenvalue weighted by Crippen LogP contribution is -2.58. The molecule has 0 saturated heterocycles. The summed E-state index contributed by atoms with van der Waals surface area (Å²) in [5.41, 5.74) is 6.74. The van der Waals surface area contributed by atoms with E-state index in [0.717, 1.165) is 5.56 Å². The molecule has 1 aromatic rings. The minimum atomic E-state index is -1.17. The van der Waals surface area contributed by atoms with Crippen molar-refractivity contribution < 1.29 is 24.3 Å². The molecule has 0 saturated carbocycles. The first-order valence-corrected chi connectivity index (χ1v) is 12.2. The van der Waals surface area contributed by atoms with Gasteiger partial charge in [-0.25, -0.2) is 4.79 Å². The first-order valence-electron chi connectivity index (χ1n) is 12.2. The predicted octanol–water partition coefficient (Wildman–Crippen LogP) is 1.84. The summed E-state index contributed by atoms with van der Waals surface area (Å²) in [6.45, 7) is 11.3. The van der Waals surface area contributed by atoms with Gasteiger partial charge < -0.3 is 26.8 Å². The number of carboxylic acids is 1. The van der Waals surface area contributed by atoms with Gasteiger partial charge in [-0.15, -0.1) is 0 Å². The van der Waals surface area contributed by atoms with Crippen molar-refractivity contribution in [3.8, 4) is 0 Å². The maximum atomic E-state index is 13.1. The Morgan fingerprint density at radius 3 is 1.80 bits per heavy atom. The Morgan fingerprint density at radius 2 is 1.31 bits per heavy atom. The second-order valence-electron chi connectivity index (χ2n) is 10.2. The van der Waals surface area contributed by atoms with Crippen molar-refractivity contribution in [1.29, 1.82) is 0 Å². The lowest BCUT2D eigenvalue weighted by atomic mass is 9.98. The molecular weight excluding hydrogens is 448 g/mol. The van der Waals surface area contributed by atoms with Crippen molar-refractivity contribution in [2.45, 2.75) is 85.0 Å². The van der Waals surface area contributed by atoms with Crippen LogP contribution in [0.1, 0.15) is 59.9 Å². The van der Waals surface area contributed by atoms with Gasteiger partial charge >= 0.3 is 5.97 Å². The molecule has 0 aliphatic rings. The van der Waals surface area contributed by atoms with Gasteiger partial charge in [0.15, 0.2) is 0 Å². The molecule has 0 aliphatic heterocycles. The van der Waals surface area contributed by atoms with Crippen LogP contribution in [-0.4, -0.2) is 53.0 Å². The molecule has 0 fully saturated rings. The lowest BCUT2D eigenvalue weighted by molar-refractivity contribution is -0.142. The molecule has 3 amide bonds. The van der Waals surface area contributed by atoms with E-state index in [9.17, 15) is 24.3 Å². The van der Waals surface area contributed by atoms with Crippen LogP contribution < -0.4 is 21.7 Å². The van der Waals surface area contributed by atoms with Crippen molar-refractivity contribution in [3.63, 3.8) is 0 Å². The van der Waals surface area contributed by atoms with Crippen LogP contribution in [0, 0.1) is 17.8 Å². The van der Waals surface area contributed by atoms with Gasteiger partial charge in [0, 0.05) is 6.42 Å². The van der Waals surface area contributed by atoms with Crippen LogP contribution in [0.25, 0.3) is 0 Å². The first-order chi connectivity index (χ1) is 16.3. The van der Waals surface area contributed by atoms with Crippen molar-refractivity contribution in [2.75, 3.05) is 0 Å². The Morgan fingerprint density at radius 1 is 0.771 bits per heavy atom. The molecule has 0 bridgehead atoms. The molecule has 196 valence electrons. The van der Waals surface area contributed by atoms with Crippen molar-refractivity contribution in [2.24, 2.45) is 23.5 Å². The number of carboxylic acid groups (broad SMARTS) is 1. The maximum Gasteiger partial charge on any atom is 0.326 e. The highest BCUT2D eigenvalue weighted by Crippen LogP contribution is 2.11. The standard InChI is InChI=1S/C26H42N4O5/c1-15(2)12-19(27)23(31)28-20(13-16(3)4)24(32)30-22(17(5)6)25(33)29-21(26(34)35)14-18-10-8-7-9-11-18/h7-11,15-17,19-22H,12-14,27H2,1-6H3,(H,28,31)(H,29,33)(H,30,32)(H,34,35). The highest BCUT2D eigenvalue weighted by Gasteiger charge is 2.32. The molecule has 4 atom stereocenters. The molecular formula is C26H42N4O5. The maximum absolute atomic E-state index is 13.1. The second-order valence-corrected chi connectivity index (χ2v) is 10.2. The molecule has 0 aliphatic carbocycles. The number of nitrogens with one attached hydrogen (secondary N) is 3. The highest BCUT2D eigenvalue weighted by molar-refractivity contribution is 5.94. The van der Waals surface area contributed by atoms with E-state index in [1.807, 2.05) is 33.8 Å². The molecule has 0 heterocycles. The Labute approximate surface area is 208 Å². The summed E-state index contributed by atoms with van der Waals surface area (Å²) in [6, 6.07) is 5.25. The largest absolute Gasteiger partial charge is 0.480 e. The molecule has 9 heteroatoms. The molecule has 1 aromatic carbocycles. The monoisotopic (exact) mass is 490 g/mol. The fourth-order valence-electron chi connectivity index (χ4n) is 3.70. The molecule has 0 radical (unpaired) electrons. The third kappa shape index (κ3) is 10.9. The van der Waals surface area contributed by atoms with Crippen LogP contribution in [0.5, 0.6) is 0 Å². The number of benzene rings is 1. The van der Waals surface area contributed by atoms with E-state index in [-0.39, 0.29) is 24.2 Å². The number of hydrogen-bond donors (Lipinski definition) is 5. The van der Waals surface area contributed by atoms with Crippen molar-refractivity contribution >= 4 is 23.7 Å². The summed E-state index contributed by atoms with van der Waals surface area (Å²) in [4.78, 5) is 50.5. The summed E-state index contributed by atoms with van der Waals surface area (Å²) in [6.07, 6.45) is 0.960. The van der Waals surface area contributed by atoms with Crippen molar-refractivity contribution in [3.05, 3.63) is 35.9 Å². The van der Waals surface area contributed by atoms with Gasteiger partial charge in [0.1, 0.15) is 18.1 Å². The average Bonchev–Trinajstić information content (AvgIpc) is 2.75. The van der Waals surface area contributed by atoms with Gasteiger partial charge in [0.05, 0.1) is 6.04 Å². The molecule has 9 nitrogen and oxygen atoms in total. The fraction of sp³-hybridized carbons (Fsp3) is 0.615. The Kier molecular flexibility index (Phi) is 12.4. The Hall–Kier alpha value is -2.94. The number of rotatable bonds is 14. The summed E-state index contributed by atoms with van der Waals surface area (Å²) < 4.78 is 0. The van der Waals surface area contributed by atoms with E-state index in [0.29, 0.717) is 12.8 Å². The molecule has 0 spiro atoms. The third-order valence-corrected chi connectivity index (χ3v) is 5.55. The number of carbonyl (C=O) groups is 4. The zero-order valence-electron chi connectivity index (χ0n) is 21.7. The Bertz CT molecular complexity index is 841. The van der Waals surface area contributed by atoms with Crippen molar-refractivity contribution in [1.82, 2.24) is 16.0 Å². The third-order valence-electron chi connectivity index (χ3n) is 5.55. The summed E-state index contributed by atoms with van der Waals surface area (Å²) in [5.74, 6) is -2.68. The van der Waals surface area contributed by atoms with Crippen LogP contribution in [0.3, 0.4) is 0 Å². The lowest BCUT2D eigenvalue weighted by Gasteiger charge is -2.28. The number of hydrogen-bond acceptors (Lipinski definition) is 5. The van der Waals surface area contributed by atoms with Crippen LogP contribution >= 0.6 is 0 Å². The highest BCUT2D eigenvalue weighted by atomic mass is 16.4. The van der Waals surface area contributed by atoms with Gasteiger partial charge in [0.2, 0.25) is 17.7 Å². The summed E-state index contributed by atoms with van der Waals surface area (Å²) in [5, 5.41) is 17.6. The molecule has 0 aromatic heterocycles. The zero-order chi connectivity index (χ0) is 26.7. The van der Waals surface area contributed by atoms with Crippen LogP contribution in [0.15, 0.2) is 30.3 Å². The number of carbonyl (C=O) groups excluding carboxylic acids is 3. The normalized spacial score (nSPS) is 14.8. The van der Waals surface area contributed by atoms with E-state index in [4.69, 9.17) is 5.73 Å². The summed E-state index contributed by atoms with van der Waals surface area (Å²) in [7, 11) is 0. The second kappa shape index (κ2) is 14.5. The van der Waals surface area contributed by atoms with E-state index in [1.165, 1.54) is 0 Å². The van der Waals surface area contributed by atoms with Crippen LogP contribution in [0.4, 0.5) is 0 Å². The minimum Gasteiger partial charge on any atom is -0.480 e. The molecule has 1 rings (SSSR count). The topological polar surface area (TPSA) is 151 Å². The van der Waals surface area contributed by atoms with Gasteiger partial charge in [0.25, 0.3) is 0 Å². The number of nitrogens with two attached hydrogens (primary N) is 1. The minimum absolute atomic E-state index is 0.0981.